The number of hydrogen-bond acceptors (Lipinski definition) is 6. The molecule has 7 nitrogen and oxygen atoms in total. The highest BCUT2D eigenvalue weighted by molar-refractivity contribution is 7.99. The molecule has 0 aliphatic heterocycles. The third-order valence-electron chi connectivity index (χ3n) is 2.77. The molecule has 0 amide bonds. The highest BCUT2D eigenvalue weighted by atomic mass is 32.2. The quantitative estimate of drug-likeness (QED) is 0.500. The van der Waals surface area contributed by atoms with Crippen LogP contribution in [0.3, 0.4) is 0 Å². The Balaban J connectivity index is 1.86. The largest absolute Gasteiger partial charge is 0.481 e. The van der Waals surface area contributed by atoms with E-state index >= 15 is 0 Å². The highest BCUT2D eigenvalue weighted by Crippen LogP contribution is 2.28. The number of thioether (sulfide) groups is 1. The van der Waals surface area contributed by atoms with Crippen molar-refractivity contribution in [3.05, 3.63) is 5.82 Å². The molecular weight excluding hydrogens is 270 g/mol. The monoisotopic (exact) mass is 287 g/mol. The molecule has 1 aliphatic carbocycles. The van der Waals surface area contributed by atoms with E-state index in [2.05, 4.69) is 10.2 Å². The van der Waals surface area contributed by atoms with Gasteiger partial charge in [-0.25, -0.2) is 0 Å². The Bertz CT molecular complexity index is 434. The summed E-state index contributed by atoms with van der Waals surface area (Å²) >= 11 is 1.09. The van der Waals surface area contributed by atoms with E-state index in [9.17, 15) is 9.90 Å². The van der Waals surface area contributed by atoms with Gasteiger partial charge in [0.05, 0.1) is 12.4 Å². The summed E-state index contributed by atoms with van der Waals surface area (Å²) in [6.07, 6.45) is 2.49. The van der Waals surface area contributed by atoms with Gasteiger partial charge in [-0.1, -0.05) is 11.8 Å². The average molecular weight is 287 g/mol. The first-order chi connectivity index (χ1) is 9.20. The fourth-order valence-corrected chi connectivity index (χ4v) is 2.29. The van der Waals surface area contributed by atoms with Gasteiger partial charge in [-0.3, -0.25) is 4.79 Å². The molecule has 2 N–H and O–H groups in total. The van der Waals surface area contributed by atoms with Gasteiger partial charge < -0.3 is 19.5 Å². The molecule has 2 rings (SSSR count). The summed E-state index contributed by atoms with van der Waals surface area (Å²) in [6, 6.07) is 0. The van der Waals surface area contributed by atoms with E-state index in [0.29, 0.717) is 30.1 Å². The molecule has 0 aromatic carbocycles. The zero-order valence-electron chi connectivity index (χ0n) is 10.5. The first-order valence-corrected chi connectivity index (χ1v) is 7.14. The number of carboxylic acid groups (broad SMARTS) is 1. The molecule has 8 heteroatoms. The van der Waals surface area contributed by atoms with Crippen LogP contribution in [0.2, 0.25) is 0 Å². The van der Waals surface area contributed by atoms with Crippen LogP contribution in [0.4, 0.5) is 0 Å². The molecule has 0 atom stereocenters. The molecule has 1 saturated carbocycles. The van der Waals surface area contributed by atoms with Crippen LogP contribution in [0.1, 0.15) is 18.7 Å². The summed E-state index contributed by atoms with van der Waals surface area (Å²) in [5.74, 6) is 0.157. The van der Waals surface area contributed by atoms with Crippen molar-refractivity contribution in [2.45, 2.75) is 31.1 Å². The van der Waals surface area contributed by atoms with Crippen molar-refractivity contribution in [1.29, 1.82) is 0 Å². The number of carbonyl (C=O) groups is 1. The SMILES string of the molecule is O=C(O)CSc1nnc(CO)n1CCOCC1CC1. The Kier molecular flexibility index (Phi) is 5.17. The molecule has 0 unspecified atom stereocenters. The lowest BCUT2D eigenvalue weighted by molar-refractivity contribution is -0.133. The molecule has 0 saturated heterocycles. The summed E-state index contributed by atoms with van der Waals surface area (Å²) in [4.78, 5) is 10.6. The zero-order chi connectivity index (χ0) is 13.7. The fraction of sp³-hybridized carbons (Fsp3) is 0.727. The molecule has 1 aromatic rings. The van der Waals surface area contributed by atoms with Crippen LogP contribution in [0.5, 0.6) is 0 Å². The van der Waals surface area contributed by atoms with Crippen molar-refractivity contribution in [2.75, 3.05) is 19.0 Å². The standard InChI is InChI=1S/C11H17N3O4S/c15-5-9-12-13-11(19-7-10(16)17)14(9)3-4-18-6-8-1-2-8/h8,15H,1-7H2,(H,16,17). The Labute approximate surface area is 115 Å². The molecule has 1 fully saturated rings. The molecule has 1 aromatic heterocycles. The third-order valence-corrected chi connectivity index (χ3v) is 3.72. The molecule has 1 heterocycles. The van der Waals surface area contributed by atoms with Gasteiger partial charge in [0.1, 0.15) is 6.61 Å². The number of ether oxygens (including phenoxy) is 1. The maximum atomic E-state index is 10.6. The number of aliphatic hydroxyl groups excluding tert-OH is 1. The van der Waals surface area contributed by atoms with E-state index in [0.717, 1.165) is 18.4 Å². The molecule has 1 aliphatic rings. The van der Waals surface area contributed by atoms with Crippen molar-refractivity contribution >= 4 is 17.7 Å². The van der Waals surface area contributed by atoms with Gasteiger partial charge in [-0.15, -0.1) is 10.2 Å². The highest BCUT2D eigenvalue weighted by Gasteiger charge is 2.21. The maximum absolute atomic E-state index is 10.6. The molecule has 106 valence electrons. The van der Waals surface area contributed by atoms with E-state index in [1.165, 1.54) is 12.8 Å². The van der Waals surface area contributed by atoms with Gasteiger partial charge >= 0.3 is 5.97 Å². The van der Waals surface area contributed by atoms with E-state index in [1.807, 2.05) is 0 Å². The Morgan fingerprint density at radius 3 is 2.89 bits per heavy atom. The number of hydrogen-bond donors (Lipinski definition) is 2. The summed E-state index contributed by atoms with van der Waals surface area (Å²) in [5.41, 5.74) is 0. The molecule has 19 heavy (non-hydrogen) atoms. The number of aliphatic carboxylic acids is 1. The lowest BCUT2D eigenvalue weighted by Gasteiger charge is -2.08. The minimum atomic E-state index is -0.907. The van der Waals surface area contributed by atoms with Gasteiger partial charge in [-0.2, -0.15) is 0 Å². The number of carboxylic acids is 1. The van der Waals surface area contributed by atoms with Crippen LogP contribution in [0, 0.1) is 5.92 Å². The van der Waals surface area contributed by atoms with Crippen LogP contribution in [-0.4, -0.2) is 49.9 Å². The van der Waals surface area contributed by atoms with Gasteiger partial charge in [0.25, 0.3) is 0 Å². The van der Waals surface area contributed by atoms with E-state index in [-0.39, 0.29) is 12.4 Å². The van der Waals surface area contributed by atoms with Gasteiger partial charge in [0.2, 0.25) is 0 Å². The van der Waals surface area contributed by atoms with E-state index in [4.69, 9.17) is 9.84 Å². The third kappa shape index (κ3) is 4.48. The summed E-state index contributed by atoms with van der Waals surface area (Å²) in [6.45, 7) is 1.59. The minimum absolute atomic E-state index is 0.0769. The van der Waals surface area contributed by atoms with Crippen LogP contribution in [0.25, 0.3) is 0 Å². The van der Waals surface area contributed by atoms with E-state index in [1.54, 1.807) is 4.57 Å². The first kappa shape index (κ1) is 14.3. The van der Waals surface area contributed by atoms with Crippen molar-refractivity contribution in [3.63, 3.8) is 0 Å². The van der Waals surface area contributed by atoms with Crippen molar-refractivity contribution in [3.8, 4) is 0 Å². The second-order valence-corrected chi connectivity index (χ2v) is 5.35. The van der Waals surface area contributed by atoms with Crippen molar-refractivity contribution in [2.24, 2.45) is 5.92 Å². The molecule has 0 spiro atoms. The van der Waals surface area contributed by atoms with Crippen LogP contribution in [-0.2, 0) is 22.7 Å². The molecular formula is C11H17N3O4S. The zero-order valence-corrected chi connectivity index (χ0v) is 11.3. The second kappa shape index (κ2) is 6.88. The van der Waals surface area contributed by atoms with Crippen LogP contribution < -0.4 is 0 Å². The lowest BCUT2D eigenvalue weighted by atomic mass is 10.5. The Morgan fingerprint density at radius 2 is 2.26 bits per heavy atom. The van der Waals surface area contributed by atoms with Crippen LogP contribution in [0.15, 0.2) is 5.16 Å². The topological polar surface area (TPSA) is 97.5 Å². The van der Waals surface area contributed by atoms with E-state index < -0.39 is 5.97 Å². The normalized spacial score (nSPS) is 14.8. The van der Waals surface area contributed by atoms with Crippen LogP contribution >= 0.6 is 11.8 Å². The molecule has 0 radical (unpaired) electrons. The fourth-order valence-electron chi connectivity index (χ4n) is 1.58. The Morgan fingerprint density at radius 1 is 1.47 bits per heavy atom. The smallest absolute Gasteiger partial charge is 0.313 e. The summed E-state index contributed by atoms with van der Waals surface area (Å²) in [7, 11) is 0. The maximum Gasteiger partial charge on any atom is 0.313 e. The molecule has 0 bridgehead atoms. The predicted molar refractivity (Wildman–Crippen MR) is 67.8 cm³/mol. The average Bonchev–Trinajstić information content (AvgIpc) is 3.12. The number of aromatic nitrogens is 3. The number of aliphatic hydroxyl groups is 1. The second-order valence-electron chi connectivity index (χ2n) is 4.41. The lowest BCUT2D eigenvalue weighted by Crippen LogP contribution is -2.12. The van der Waals surface area contributed by atoms with Crippen molar-refractivity contribution < 1.29 is 19.7 Å². The van der Waals surface area contributed by atoms with Gasteiger partial charge in [0, 0.05) is 13.2 Å². The summed E-state index contributed by atoms with van der Waals surface area (Å²) < 4.78 is 7.24. The Hall–Kier alpha value is -1.12. The summed E-state index contributed by atoms with van der Waals surface area (Å²) in [5, 5.41) is 26.0. The van der Waals surface area contributed by atoms with Crippen molar-refractivity contribution in [1.82, 2.24) is 14.8 Å². The minimum Gasteiger partial charge on any atom is -0.481 e. The van der Waals surface area contributed by atoms with Gasteiger partial charge in [-0.05, 0) is 18.8 Å². The number of rotatable bonds is 9. The number of nitrogens with zero attached hydrogens (tertiary/aromatic N) is 3. The predicted octanol–water partition coefficient (Wildman–Crippen LogP) is 0.374. The first-order valence-electron chi connectivity index (χ1n) is 6.16. The van der Waals surface area contributed by atoms with Gasteiger partial charge in [0.15, 0.2) is 11.0 Å².